The number of carbonyl (C=O) groups excluding carboxylic acids is 1. The third-order valence-electron chi connectivity index (χ3n) is 4.45. The number of nitrogens with one attached hydrogen (secondary N) is 1. The van der Waals surface area contributed by atoms with Gasteiger partial charge >= 0.3 is 6.03 Å². The van der Waals surface area contributed by atoms with Crippen molar-refractivity contribution in [1.82, 2.24) is 20.0 Å². The lowest BCUT2D eigenvalue weighted by atomic mass is 10.1. The highest BCUT2D eigenvalue weighted by atomic mass is 16.2. The molecule has 0 spiro atoms. The summed E-state index contributed by atoms with van der Waals surface area (Å²) < 4.78 is 0. The second-order valence-corrected chi connectivity index (χ2v) is 6.25. The van der Waals surface area contributed by atoms with Gasteiger partial charge in [0.25, 0.3) is 0 Å². The molecule has 5 heteroatoms. The number of likely N-dealkylation sites (N-methyl/N-ethyl adjacent to an activating group) is 1. The molecule has 2 fully saturated rings. The van der Waals surface area contributed by atoms with Crippen LogP contribution in [0.3, 0.4) is 0 Å². The molecule has 20 heavy (non-hydrogen) atoms. The summed E-state index contributed by atoms with van der Waals surface area (Å²) in [5.74, 6) is 0. The molecule has 2 rings (SSSR count). The lowest BCUT2D eigenvalue weighted by Gasteiger charge is -2.34. The molecule has 1 saturated carbocycles. The molecule has 0 aromatic carbocycles. The van der Waals surface area contributed by atoms with Crippen molar-refractivity contribution in [3.8, 4) is 0 Å². The topological polar surface area (TPSA) is 38.8 Å². The van der Waals surface area contributed by atoms with E-state index >= 15 is 0 Å². The normalized spacial score (nSPS) is 20.5. The highest BCUT2D eigenvalue weighted by Crippen LogP contribution is 2.25. The Hall–Kier alpha value is -0.810. The van der Waals surface area contributed by atoms with Crippen molar-refractivity contribution in [2.24, 2.45) is 0 Å². The quantitative estimate of drug-likeness (QED) is 0.796. The van der Waals surface area contributed by atoms with Gasteiger partial charge in [-0.3, -0.25) is 4.90 Å². The number of carbonyl (C=O) groups is 1. The molecule has 1 saturated heterocycles. The van der Waals surface area contributed by atoms with Gasteiger partial charge in [-0.15, -0.1) is 0 Å². The van der Waals surface area contributed by atoms with Crippen LogP contribution in [0.15, 0.2) is 0 Å². The van der Waals surface area contributed by atoms with Gasteiger partial charge in [0.1, 0.15) is 0 Å². The number of nitrogens with zero attached hydrogens (tertiary/aromatic N) is 3. The van der Waals surface area contributed by atoms with E-state index in [1.807, 2.05) is 19.0 Å². The molecule has 116 valence electrons. The SMILES string of the molecule is CCN(CCNC1CCN(C(=O)N(C)C)CC1)C1CC1. The third-order valence-corrected chi connectivity index (χ3v) is 4.45. The minimum Gasteiger partial charge on any atom is -0.331 e. The molecule has 0 radical (unpaired) electrons. The fraction of sp³-hybridized carbons (Fsp3) is 0.933. The Labute approximate surface area is 123 Å². The van der Waals surface area contributed by atoms with Crippen LogP contribution >= 0.6 is 0 Å². The molecule has 0 bridgehead atoms. The van der Waals surface area contributed by atoms with E-state index in [4.69, 9.17) is 0 Å². The Morgan fingerprint density at radius 1 is 1.20 bits per heavy atom. The summed E-state index contributed by atoms with van der Waals surface area (Å²) in [5, 5.41) is 3.66. The minimum atomic E-state index is 0.148. The van der Waals surface area contributed by atoms with Gasteiger partial charge in [-0.05, 0) is 32.2 Å². The molecular formula is C15H30N4O. The average Bonchev–Trinajstić information content (AvgIpc) is 3.28. The highest BCUT2D eigenvalue weighted by Gasteiger charge is 2.28. The van der Waals surface area contributed by atoms with Crippen molar-refractivity contribution in [2.75, 3.05) is 46.8 Å². The number of urea groups is 1. The average molecular weight is 282 g/mol. The van der Waals surface area contributed by atoms with Crippen molar-refractivity contribution in [3.63, 3.8) is 0 Å². The molecule has 1 aliphatic heterocycles. The highest BCUT2D eigenvalue weighted by molar-refractivity contribution is 5.73. The smallest absolute Gasteiger partial charge is 0.319 e. The fourth-order valence-electron chi connectivity index (χ4n) is 3.01. The second-order valence-electron chi connectivity index (χ2n) is 6.25. The fourth-order valence-corrected chi connectivity index (χ4v) is 3.01. The molecule has 5 nitrogen and oxygen atoms in total. The van der Waals surface area contributed by atoms with Crippen molar-refractivity contribution in [1.29, 1.82) is 0 Å². The second kappa shape index (κ2) is 7.27. The maximum absolute atomic E-state index is 11.9. The first-order valence-electron chi connectivity index (χ1n) is 8.05. The molecule has 0 atom stereocenters. The summed E-state index contributed by atoms with van der Waals surface area (Å²) in [7, 11) is 3.65. The molecule has 0 aromatic heterocycles. The van der Waals surface area contributed by atoms with Gasteiger partial charge in [-0.25, -0.2) is 4.79 Å². The van der Waals surface area contributed by atoms with E-state index in [0.29, 0.717) is 6.04 Å². The van der Waals surface area contributed by atoms with E-state index in [1.54, 1.807) is 4.90 Å². The Balaban J connectivity index is 1.60. The lowest BCUT2D eigenvalue weighted by Crippen LogP contribution is -2.49. The first-order valence-corrected chi connectivity index (χ1v) is 8.05. The van der Waals surface area contributed by atoms with Crippen LogP contribution in [0.1, 0.15) is 32.6 Å². The Morgan fingerprint density at radius 3 is 2.35 bits per heavy atom. The Morgan fingerprint density at radius 2 is 1.85 bits per heavy atom. The van der Waals surface area contributed by atoms with E-state index in [9.17, 15) is 4.79 Å². The molecular weight excluding hydrogens is 252 g/mol. The van der Waals surface area contributed by atoms with E-state index in [2.05, 4.69) is 17.1 Å². The van der Waals surface area contributed by atoms with Crippen LogP contribution in [-0.4, -0.2) is 79.6 Å². The van der Waals surface area contributed by atoms with Gasteiger partial charge in [-0.2, -0.15) is 0 Å². The van der Waals surface area contributed by atoms with Crippen LogP contribution < -0.4 is 5.32 Å². The zero-order valence-electron chi connectivity index (χ0n) is 13.3. The maximum atomic E-state index is 11.9. The number of hydrogen-bond donors (Lipinski definition) is 1. The molecule has 2 amide bonds. The van der Waals surface area contributed by atoms with Crippen molar-refractivity contribution in [2.45, 2.75) is 44.7 Å². The first kappa shape index (κ1) is 15.6. The number of hydrogen-bond acceptors (Lipinski definition) is 3. The van der Waals surface area contributed by atoms with E-state index < -0.39 is 0 Å². The number of piperidine rings is 1. The predicted molar refractivity (Wildman–Crippen MR) is 81.9 cm³/mol. The zero-order valence-corrected chi connectivity index (χ0v) is 13.3. The predicted octanol–water partition coefficient (Wildman–Crippen LogP) is 1.21. The molecule has 0 aromatic rings. The van der Waals surface area contributed by atoms with Crippen molar-refractivity contribution in [3.05, 3.63) is 0 Å². The summed E-state index contributed by atoms with van der Waals surface area (Å²) in [6.07, 6.45) is 4.93. The van der Waals surface area contributed by atoms with Gasteiger partial charge in [0.05, 0.1) is 0 Å². The molecule has 1 N–H and O–H groups in total. The van der Waals surface area contributed by atoms with Gasteiger partial charge in [-0.1, -0.05) is 6.92 Å². The van der Waals surface area contributed by atoms with Crippen LogP contribution in [0.4, 0.5) is 4.79 Å². The van der Waals surface area contributed by atoms with Crippen LogP contribution in [0.5, 0.6) is 0 Å². The van der Waals surface area contributed by atoms with Crippen molar-refractivity contribution >= 4 is 6.03 Å². The minimum absolute atomic E-state index is 0.148. The van der Waals surface area contributed by atoms with Crippen LogP contribution in [0, 0.1) is 0 Å². The number of amides is 2. The van der Waals surface area contributed by atoms with E-state index in [-0.39, 0.29) is 6.03 Å². The lowest BCUT2D eigenvalue weighted by molar-refractivity contribution is 0.151. The molecule has 1 aliphatic carbocycles. The largest absolute Gasteiger partial charge is 0.331 e. The molecule has 2 aliphatic rings. The van der Waals surface area contributed by atoms with Crippen molar-refractivity contribution < 1.29 is 4.79 Å². The summed E-state index contributed by atoms with van der Waals surface area (Å²) in [4.78, 5) is 18.1. The summed E-state index contributed by atoms with van der Waals surface area (Å²) in [5.41, 5.74) is 0. The monoisotopic (exact) mass is 282 g/mol. The van der Waals surface area contributed by atoms with Crippen LogP contribution in [0.25, 0.3) is 0 Å². The Bertz CT molecular complexity index is 309. The third kappa shape index (κ3) is 4.35. The van der Waals surface area contributed by atoms with E-state index in [1.165, 1.54) is 19.4 Å². The summed E-state index contributed by atoms with van der Waals surface area (Å²) in [6, 6.07) is 1.59. The Kier molecular flexibility index (Phi) is 5.66. The van der Waals surface area contributed by atoms with Crippen LogP contribution in [-0.2, 0) is 0 Å². The number of rotatable bonds is 6. The first-order chi connectivity index (χ1) is 9.61. The summed E-state index contributed by atoms with van der Waals surface area (Å²) in [6.45, 7) is 7.43. The standard InChI is InChI=1S/C15H30N4O/c1-4-18(14-5-6-14)12-9-16-13-7-10-19(11-8-13)15(20)17(2)3/h13-14,16H,4-12H2,1-3H3. The van der Waals surface area contributed by atoms with Gasteiger partial charge in [0.2, 0.25) is 0 Å². The maximum Gasteiger partial charge on any atom is 0.319 e. The van der Waals surface area contributed by atoms with Gasteiger partial charge in [0.15, 0.2) is 0 Å². The van der Waals surface area contributed by atoms with Gasteiger partial charge < -0.3 is 15.1 Å². The summed E-state index contributed by atoms with van der Waals surface area (Å²) >= 11 is 0. The number of likely N-dealkylation sites (tertiary alicyclic amines) is 1. The molecule has 1 heterocycles. The zero-order chi connectivity index (χ0) is 14.5. The van der Waals surface area contributed by atoms with Crippen LogP contribution in [0.2, 0.25) is 0 Å². The van der Waals surface area contributed by atoms with Gasteiger partial charge in [0, 0.05) is 52.4 Å². The van der Waals surface area contributed by atoms with E-state index in [0.717, 1.165) is 45.1 Å². The molecule has 0 unspecified atom stereocenters.